The molecule has 0 aliphatic carbocycles. The van der Waals surface area contributed by atoms with Gasteiger partial charge < -0.3 is 19.9 Å². The Morgan fingerprint density at radius 3 is 2.67 bits per heavy atom. The van der Waals surface area contributed by atoms with Crippen molar-refractivity contribution in [3.05, 3.63) is 23.8 Å². The van der Waals surface area contributed by atoms with Crippen LogP contribution in [0, 0.1) is 0 Å². The van der Waals surface area contributed by atoms with Crippen molar-refractivity contribution >= 4 is 0 Å². The molecule has 118 valence electrons. The lowest BCUT2D eigenvalue weighted by Gasteiger charge is -2.39. The fraction of sp³-hybridized carbons (Fsp3) is 0.647. The molecule has 21 heavy (non-hydrogen) atoms. The van der Waals surface area contributed by atoms with E-state index in [0.29, 0.717) is 13.2 Å². The number of hydrogen-bond donors (Lipinski definition) is 2. The predicted molar refractivity (Wildman–Crippen MR) is 84.3 cm³/mol. The highest BCUT2D eigenvalue weighted by molar-refractivity contribution is 5.46. The van der Waals surface area contributed by atoms with E-state index in [4.69, 9.17) is 9.47 Å². The molecule has 2 rings (SSSR count). The van der Waals surface area contributed by atoms with Gasteiger partial charge in [0.1, 0.15) is 11.5 Å². The molecule has 1 aliphatic heterocycles. The van der Waals surface area contributed by atoms with E-state index in [0.717, 1.165) is 49.4 Å². The lowest BCUT2D eigenvalue weighted by Crippen LogP contribution is -2.44. The fourth-order valence-electron chi connectivity index (χ4n) is 3.22. The van der Waals surface area contributed by atoms with E-state index in [-0.39, 0.29) is 12.0 Å². The van der Waals surface area contributed by atoms with Gasteiger partial charge in [0.25, 0.3) is 0 Å². The number of hydrogen-bond acceptors (Lipinski definition) is 4. The largest absolute Gasteiger partial charge is 0.494 e. The van der Waals surface area contributed by atoms with Gasteiger partial charge in [-0.2, -0.15) is 0 Å². The average molecular weight is 293 g/mol. The Morgan fingerprint density at radius 1 is 1.24 bits per heavy atom. The van der Waals surface area contributed by atoms with Crippen LogP contribution in [0.15, 0.2) is 18.2 Å². The number of aliphatic hydroxyl groups is 1. The quantitative estimate of drug-likeness (QED) is 0.811. The van der Waals surface area contributed by atoms with Gasteiger partial charge in [-0.05, 0) is 57.9 Å². The SMILES string of the molecule is CCOc1ccc(OCC)c(C2(CCO)CCCNC2)c1. The maximum absolute atomic E-state index is 9.54. The molecule has 0 bridgehead atoms. The molecule has 1 aromatic carbocycles. The van der Waals surface area contributed by atoms with Crippen molar-refractivity contribution in [1.29, 1.82) is 0 Å². The summed E-state index contributed by atoms with van der Waals surface area (Å²) in [7, 11) is 0. The number of rotatable bonds is 7. The number of piperidine rings is 1. The second kappa shape index (κ2) is 7.66. The molecular formula is C17H27NO3. The molecular weight excluding hydrogens is 266 g/mol. The van der Waals surface area contributed by atoms with E-state index >= 15 is 0 Å². The Morgan fingerprint density at radius 2 is 2.05 bits per heavy atom. The Hall–Kier alpha value is -1.26. The first-order valence-corrected chi connectivity index (χ1v) is 7.97. The molecule has 0 spiro atoms. The Labute approximate surface area is 127 Å². The van der Waals surface area contributed by atoms with Gasteiger partial charge >= 0.3 is 0 Å². The van der Waals surface area contributed by atoms with Crippen LogP contribution in [0.2, 0.25) is 0 Å². The highest BCUT2D eigenvalue weighted by Gasteiger charge is 2.36. The summed E-state index contributed by atoms with van der Waals surface area (Å²) < 4.78 is 11.5. The molecule has 4 heteroatoms. The van der Waals surface area contributed by atoms with Gasteiger partial charge in [-0.1, -0.05) is 0 Å². The Kier molecular flexibility index (Phi) is 5.88. The Bertz CT molecular complexity index is 436. The van der Waals surface area contributed by atoms with Gasteiger partial charge in [0.05, 0.1) is 13.2 Å². The maximum Gasteiger partial charge on any atom is 0.123 e. The van der Waals surface area contributed by atoms with Crippen LogP contribution in [-0.2, 0) is 5.41 Å². The van der Waals surface area contributed by atoms with Gasteiger partial charge in [0, 0.05) is 24.1 Å². The highest BCUT2D eigenvalue weighted by Crippen LogP contribution is 2.41. The average Bonchev–Trinajstić information content (AvgIpc) is 2.50. The van der Waals surface area contributed by atoms with E-state index in [2.05, 4.69) is 11.4 Å². The van der Waals surface area contributed by atoms with Crippen molar-refractivity contribution in [1.82, 2.24) is 5.32 Å². The van der Waals surface area contributed by atoms with Gasteiger partial charge in [-0.15, -0.1) is 0 Å². The number of benzene rings is 1. The second-order valence-electron chi connectivity index (χ2n) is 5.56. The second-order valence-corrected chi connectivity index (χ2v) is 5.56. The standard InChI is InChI=1S/C17H27NO3/c1-3-20-14-6-7-16(21-4-2)15(12-14)17(9-11-19)8-5-10-18-13-17/h6-7,12,18-19H,3-5,8-11,13H2,1-2H3. The first-order chi connectivity index (χ1) is 10.3. The van der Waals surface area contributed by atoms with Crippen molar-refractivity contribution in [2.75, 3.05) is 32.9 Å². The number of aliphatic hydroxyl groups excluding tert-OH is 1. The molecule has 1 heterocycles. The van der Waals surface area contributed by atoms with Crippen LogP contribution in [0.5, 0.6) is 11.5 Å². The molecule has 2 N–H and O–H groups in total. The normalized spacial score (nSPS) is 22.0. The van der Waals surface area contributed by atoms with Crippen LogP contribution >= 0.6 is 0 Å². The summed E-state index contributed by atoms with van der Waals surface area (Å²) in [6.45, 7) is 7.39. The van der Waals surface area contributed by atoms with Crippen molar-refractivity contribution in [2.45, 2.75) is 38.5 Å². The molecule has 1 atom stereocenters. The molecule has 4 nitrogen and oxygen atoms in total. The smallest absolute Gasteiger partial charge is 0.123 e. The summed E-state index contributed by atoms with van der Waals surface area (Å²) in [5.41, 5.74) is 1.10. The van der Waals surface area contributed by atoms with Crippen LogP contribution in [0.1, 0.15) is 38.7 Å². The van der Waals surface area contributed by atoms with Gasteiger partial charge in [0.15, 0.2) is 0 Å². The van der Waals surface area contributed by atoms with E-state index in [1.165, 1.54) is 0 Å². The Balaban J connectivity index is 2.41. The zero-order valence-corrected chi connectivity index (χ0v) is 13.2. The monoisotopic (exact) mass is 293 g/mol. The number of ether oxygens (including phenoxy) is 2. The third kappa shape index (κ3) is 3.69. The maximum atomic E-state index is 9.54. The molecule has 0 saturated carbocycles. The zero-order valence-electron chi connectivity index (χ0n) is 13.2. The third-order valence-corrected chi connectivity index (χ3v) is 4.20. The van der Waals surface area contributed by atoms with Crippen LogP contribution in [0.3, 0.4) is 0 Å². The predicted octanol–water partition coefficient (Wildman–Crippen LogP) is 2.49. The van der Waals surface area contributed by atoms with Crippen molar-refractivity contribution in [3.63, 3.8) is 0 Å². The topological polar surface area (TPSA) is 50.7 Å². The van der Waals surface area contributed by atoms with Gasteiger partial charge in [-0.3, -0.25) is 0 Å². The molecule has 0 aromatic heterocycles. The van der Waals surface area contributed by atoms with Crippen LogP contribution in [-0.4, -0.2) is 38.0 Å². The van der Waals surface area contributed by atoms with Gasteiger partial charge in [-0.25, -0.2) is 0 Å². The minimum Gasteiger partial charge on any atom is -0.494 e. The summed E-state index contributed by atoms with van der Waals surface area (Å²) in [4.78, 5) is 0. The summed E-state index contributed by atoms with van der Waals surface area (Å²) in [6, 6.07) is 6.05. The van der Waals surface area contributed by atoms with Crippen molar-refractivity contribution in [2.24, 2.45) is 0 Å². The molecule has 1 saturated heterocycles. The molecule has 0 amide bonds. The minimum atomic E-state index is -0.0649. The molecule has 1 unspecified atom stereocenters. The highest BCUT2D eigenvalue weighted by atomic mass is 16.5. The minimum absolute atomic E-state index is 0.0649. The van der Waals surface area contributed by atoms with Gasteiger partial charge in [0.2, 0.25) is 0 Å². The first kappa shape index (κ1) is 16.1. The van der Waals surface area contributed by atoms with Crippen molar-refractivity contribution in [3.8, 4) is 11.5 Å². The molecule has 1 fully saturated rings. The molecule has 0 radical (unpaired) electrons. The lowest BCUT2D eigenvalue weighted by molar-refractivity contribution is 0.201. The fourth-order valence-corrected chi connectivity index (χ4v) is 3.22. The van der Waals surface area contributed by atoms with Crippen LogP contribution in [0.25, 0.3) is 0 Å². The lowest BCUT2D eigenvalue weighted by atomic mass is 9.72. The first-order valence-electron chi connectivity index (χ1n) is 7.97. The molecule has 1 aromatic rings. The van der Waals surface area contributed by atoms with Crippen molar-refractivity contribution < 1.29 is 14.6 Å². The van der Waals surface area contributed by atoms with Crippen LogP contribution in [0.4, 0.5) is 0 Å². The van der Waals surface area contributed by atoms with E-state index in [1.807, 2.05) is 26.0 Å². The van der Waals surface area contributed by atoms with E-state index < -0.39 is 0 Å². The summed E-state index contributed by atoms with van der Waals surface area (Å²) in [5.74, 6) is 1.79. The third-order valence-electron chi connectivity index (χ3n) is 4.20. The zero-order chi connectivity index (χ0) is 15.1. The molecule has 1 aliphatic rings. The summed E-state index contributed by atoms with van der Waals surface area (Å²) >= 11 is 0. The number of nitrogens with one attached hydrogen (secondary N) is 1. The van der Waals surface area contributed by atoms with E-state index in [1.54, 1.807) is 0 Å². The summed E-state index contributed by atoms with van der Waals surface area (Å²) in [5, 5.41) is 13.0. The van der Waals surface area contributed by atoms with Crippen LogP contribution < -0.4 is 14.8 Å². The van der Waals surface area contributed by atoms with E-state index in [9.17, 15) is 5.11 Å². The summed E-state index contributed by atoms with van der Waals surface area (Å²) in [6.07, 6.45) is 2.93.